The van der Waals surface area contributed by atoms with Crippen LogP contribution < -0.4 is 14.8 Å². The minimum absolute atomic E-state index is 0.0467. The summed E-state index contributed by atoms with van der Waals surface area (Å²) >= 11 is 0. The molecule has 0 aliphatic carbocycles. The van der Waals surface area contributed by atoms with Crippen LogP contribution in [-0.4, -0.2) is 89.7 Å². The Labute approximate surface area is 238 Å². The molecule has 0 spiro atoms. The van der Waals surface area contributed by atoms with Crippen molar-refractivity contribution in [1.82, 2.24) is 30.4 Å². The van der Waals surface area contributed by atoms with E-state index in [-0.39, 0.29) is 37.1 Å². The first-order chi connectivity index (χ1) is 19.9. The van der Waals surface area contributed by atoms with Crippen LogP contribution in [-0.2, 0) is 25.6 Å². The lowest BCUT2D eigenvalue weighted by Gasteiger charge is -2.31. The largest absolute Gasteiger partial charge is 0.493 e. The van der Waals surface area contributed by atoms with E-state index in [1.807, 2.05) is 0 Å². The maximum Gasteiger partial charge on any atom is 0.250 e. The molecule has 0 saturated carbocycles. The molecule has 0 radical (unpaired) electrons. The number of carbonyl (C=O) groups excluding carboxylic acids is 2. The molecule has 3 aromatic rings. The lowest BCUT2D eigenvalue weighted by Crippen LogP contribution is -2.48. The van der Waals surface area contributed by atoms with Gasteiger partial charge >= 0.3 is 0 Å². The second-order valence-electron chi connectivity index (χ2n) is 10.1. The molecule has 2 aromatic heterocycles. The number of benzene rings is 1. The highest BCUT2D eigenvalue weighted by molar-refractivity contribution is 5.88. The predicted octanol–water partition coefficient (Wildman–Crippen LogP) is 2.30. The van der Waals surface area contributed by atoms with Gasteiger partial charge in [0, 0.05) is 31.9 Å². The molecule has 13 nitrogen and oxygen atoms in total. The zero-order valence-electron chi connectivity index (χ0n) is 23.6. The number of ether oxygens (including phenoxy) is 4. The Morgan fingerprint density at radius 3 is 2.49 bits per heavy atom. The molecular formula is C28H36N6O7. The average Bonchev–Trinajstić information content (AvgIpc) is 3.80. The van der Waals surface area contributed by atoms with Crippen LogP contribution in [0.2, 0.25) is 0 Å². The summed E-state index contributed by atoms with van der Waals surface area (Å²) in [5.41, 5.74) is 0.648. The first kappa shape index (κ1) is 28.6. The molecule has 1 aromatic carbocycles. The van der Waals surface area contributed by atoms with Crippen molar-refractivity contribution in [2.24, 2.45) is 0 Å². The lowest BCUT2D eigenvalue weighted by atomic mass is 10.1. The number of nitrogens with zero attached hydrogens (tertiary/aromatic N) is 5. The molecule has 2 saturated heterocycles. The second kappa shape index (κ2) is 13.1. The number of nitrogens with one attached hydrogen (secondary N) is 1. The van der Waals surface area contributed by atoms with Gasteiger partial charge in [-0.15, -0.1) is 10.2 Å². The number of furan rings is 1. The average molecular weight is 569 g/mol. The normalized spacial score (nSPS) is 19.2. The number of tetrazole rings is 1. The number of amides is 2. The summed E-state index contributed by atoms with van der Waals surface area (Å²) in [6, 6.07) is 7.76. The van der Waals surface area contributed by atoms with Gasteiger partial charge in [0.05, 0.1) is 26.4 Å². The summed E-state index contributed by atoms with van der Waals surface area (Å²) in [6.45, 7) is 3.43. The molecule has 2 fully saturated rings. The van der Waals surface area contributed by atoms with Crippen molar-refractivity contribution in [3.63, 3.8) is 0 Å². The third-order valence-electron chi connectivity index (χ3n) is 7.23. The molecule has 13 heteroatoms. The molecule has 41 heavy (non-hydrogen) atoms. The summed E-state index contributed by atoms with van der Waals surface area (Å²) in [7, 11) is 3.10. The van der Waals surface area contributed by atoms with E-state index < -0.39 is 6.04 Å². The van der Waals surface area contributed by atoms with Crippen LogP contribution in [0.15, 0.2) is 34.7 Å². The SMILES string of the molecule is COc1ccc(-c2nnn(CC(=O)N(C[C@@H]3CCCO3)[C@@H](C(=O)NC[C@H]3CCCO3)c3ccc(C)o3)n2)cc1OC. The summed E-state index contributed by atoms with van der Waals surface area (Å²) < 4.78 is 28.1. The van der Waals surface area contributed by atoms with Crippen molar-refractivity contribution in [2.45, 2.75) is 57.4 Å². The molecule has 2 aliphatic heterocycles. The van der Waals surface area contributed by atoms with E-state index in [1.165, 1.54) is 9.70 Å². The van der Waals surface area contributed by atoms with Crippen LogP contribution in [0.1, 0.15) is 43.2 Å². The van der Waals surface area contributed by atoms with E-state index in [1.54, 1.807) is 51.5 Å². The molecule has 5 rings (SSSR count). The zero-order chi connectivity index (χ0) is 28.8. The van der Waals surface area contributed by atoms with E-state index >= 15 is 0 Å². The quantitative estimate of drug-likeness (QED) is 0.346. The number of carbonyl (C=O) groups is 2. The molecule has 4 heterocycles. The number of rotatable bonds is 12. The maximum atomic E-state index is 13.9. The van der Waals surface area contributed by atoms with Crippen molar-refractivity contribution in [1.29, 1.82) is 0 Å². The Bertz CT molecular complexity index is 1330. The van der Waals surface area contributed by atoms with Gasteiger partial charge in [0.1, 0.15) is 18.1 Å². The predicted molar refractivity (Wildman–Crippen MR) is 145 cm³/mol. The topological polar surface area (TPSA) is 143 Å². The number of aryl methyl sites for hydroxylation is 1. The lowest BCUT2D eigenvalue weighted by molar-refractivity contribution is -0.144. The fourth-order valence-corrected chi connectivity index (χ4v) is 5.11. The minimum Gasteiger partial charge on any atom is -0.493 e. The number of aromatic nitrogens is 4. The Hall–Kier alpha value is -3.97. The van der Waals surface area contributed by atoms with Crippen molar-refractivity contribution < 1.29 is 33.0 Å². The molecular weight excluding hydrogens is 532 g/mol. The van der Waals surface area contributed by atoms with Crippen LogP contribution in [0.4, 0.5) is 0 Å². The highest BCUT2D eigenvalue weighted by Crippen LogP contribution is 2.31. The fraction of sp³-hybridized carbons (Fsp3) is 0.536. The fourth-order valence-electron chi connectivity index (χ4n) is 5.11. The Balaban J connectivity index is 1.38. The van der Waals surface area contributed by atoms with Crippen LogP contribution in [0, 0.1) is 6.92 Å². The second-order valence-corrected chi connectivity index (χ2v) is 10.1. The minimum atomic E-state index is -1.00. The molecule has 0 bridgehead atoms. The van der Waals surface area contributed by atoms with E-state index in [9.17, 15) is 9.59 Å². The van der Waals surface area contributed by atoms with Crippen molar-refractivity contribution >= 4 is 11.8 Å². The van der Waals surface area contributed by atoms with Gasteiger partial charge in [0.15, 0.2) is 17.5 Å². The van der Waals surface area contributed by atoms with Gasteiger partial charge in [0.25, 0.3) is 5.91 Å². The van der Waals surface area contributed by atoms with Crippen molar-refractivity contribution in [3.05, 3.63) is 41.9 Å². The summed E-state index contributed by atoms with van der Waals surface area (Å²) in [5, 5.41) is 15.6. The van der Waals surface area contributed by atoms with Crippen LogP contribution in [0.25, 0.3) is 11.4 Å². The van der Waals surface area contributed by atoms with Crippen molar-refractivity contribution in [2.75, 3.05) is 40.5 Å². The molecule has 220 valence electrons. The molecule has 2 aliphatic rings. The van der Waals surface area contributed by atoms with Crippen LogP contribution >= 0.6 is 0 Å². The maximum absolute atomic E-state index is 13.9. The van der Waals surface area contributed by atoms with Gasteiger partial charge in [-0.25, -0.2) is 0 Å². The van der Waals surface area contributed by atoms with Crippen LogP contribution in [0.5, 0.6) is 11.5 Å². The van der Waals surface area contributed by atoms with Gasteiger partial charge in [-0.1, -0.05) is 0 Å². The molecule has 2 amide bonds. The smallest absolute Gasteiger partial charge is 0.250 e. The third-order valence-corrected chi connectivity index (χ3v) is 7.23. The highest BCUT2D eigenvalue weighted by Gasteiger charge is 2.37. The number of methoxy groups -OCH3 is 2. The van der Waals surface area contributed by atoms with E-state index in [0.717, 1.165) is 25.7 Å². The van der Waals surface area contributed by atoms with E-state index in [2.05, 4.69) is 20.7 Å². The number of hydrogen-bond acceptors (Lipinski definition) is 10. The molecule has 0 unspecified atom stereocenters. The van der Waals surface area contributed by atoms with Gasteiger partial charge in [-0.05, 0) is 68.2 Å². The van der Waals surface area contributed by atoms with Gasteiger partial charge in [-0.2, -0.15) is 4.80 Å². The zero-order valence-corrected chi connectivity index (χ0v) is 23.6. The van der Waals surface area contributed by atoms with Crippen LogP contribution in [0.3, 0.4) is 0 Å². The number of hydrogen-bond donors (Lipinski definition) is 1. The Morgan fingerprint density at radius 2 is 1.83 bits per heavy atom. The first-order valence-corrected chi connectivity index (χ1v) is 13.8. The van der Waals surface area contributed by atoms with E-state index in [4.69, 9.17) is 23.4 Å². The summed E-state index contributed by atoms with van der Waals surface area (Å²) in [4.78, 5) is 30.2. The standard InChI is InChI=1S/C28H36N6O7/c1-18-8-10-23(41-18)26(28(36)29-15-20-6-4-12-39-20)33(16-21-7-5-13-40-21)25(35)17-34-31-27(30-32-34)19-9-11-22(37-2)24(14-19)38-3/h8-11,14,20-21,26H,4-7,12-13,15-17H2,1-3H3,(H,29,36)/t20-,21+,26-/m1/s1. The van der Waals surface area contributed by atoms with Crippen molar-refractivity contribution in [3.8, 4) is 22.9 Å². The van der Waals surface area contributed by atoms with Gasteiger partial charge in [-0.3, -0.25) is 9.59 Å². The van der Waals surface area contributed by atoms with Gasteiger partial charge in [0.2, 0.25) is 11.7 Å². The summed E-state index contributed by atoms with van der Waals surface area (Å²) in [6.07, 6.45) is 3.27. The third kappa shape index (κ3) is 6.85. The monoisotopic (exact) mass is 568 g/mol. The molecule has 1 N–H and O–H groups in total. The summed E-state index contributed by atoms with van der Waals surface area (Å²) in [5.74, 6) is 1.69. The molecule has 3 atom stereocenters. The van der Waals surface area contributed by atoms with Gasteiger partial charge < -0.3 is 33.6 Å². The highest BCUT2D eigenvalue weighted by atomic mass is 16.5. The van der Waals surface area contributed by atoms with E-state index in [0.29, 0.717) is 54.2 Å². The first-order valence-electron chi connectivity index (χ1n) is 13.8. The Morgan fingerprint density at radius 1 is 1.07 bits per heavy atom. The Kier molecular flexibility index (Phi) is 9.14.